The Morgan fingerprint density at radius 3 is 2.61 bits per heavy atom. The molecule has 0 radical (unpaired) electrons. The Morgan fingerprint density at radius 1 is 1.22 bits per heavy atom. The van der Waals surface area contributed by atoms with Crippen molar-refractivity contribution in [3.8, 4) is 5.75 Å². The predicted octanol–water partition coefficient (Wildman–Crippen LogP) is 3.67. The van der Waals surface area contributed by atoms with Crippen molar-refractivity contribution in [2.75, 3.05) is 26.7 Å². The summed E-state index contributed by atoms with van der Waals surface area (Å²) in [6.07, 6.45) is 5.17. The highest BCUT2D eigenvalue weighted by Gasteiger charge is 2.22. The molecule has 0 aromatic heterocycles. The minimum atomic E-state index is 0.680. The number of unbranched alkanes of at least 4 members (excludes halogenated alkanes) is 1. The molecule has 0 unspecified atom stereocenters. The highest BCUT2D eigenvalue weighted by molar-refractivity contribution is 5.36. The van der Waals surface area contributed by atoms with E-state index in [0.717, 1.165) is 5.75 Å². The van der Waals surface area contributed by atoms with E-state index in [-0.39, 0.29) is 0 Å². The van der Waals surface area contributed by atoms with Gasteiger partial charge in [-0.2, -0.15) is 0 Å². The third-order valence-corrected chi connectivity index (χ3v) is 3.99. The number of likely N-dealkylation sites (tertiary alicyclic amines) is 1. The van der Waals surface area contributed by atoms with Crippen LogP contribution >= 0.6 is 0 Å². The Hall–Kier alpha value is -1.02. The first-order valence-corrected chi connectivity index (χ1v) is 7.20. The summed E-state index contributed by atoms with van der Waals surface area (Å²) in [5.74, 6) is 1.74. The van der Waals surface area contributed by atoms with Crippen LogP contribution in [0.2, 0.25) is 0 Å². The molecule has 0 saturated carbocycles. The molecule has 0 atom stereocenters. The summed E-state index contributed by atoms with van der Waals surface area (Å²) >= 11 is 0. The fourth-order valence-electron chi connectivity index (χ4n) is 2.85. The molecule has 2 rings (SSSR count). The number of hydrogen-bond acceptors (Lipinski definition) is 2. The van der Waals surface area contributed by atoms with Gasteiger partial charge in [0.25, 0.3) is 0 Å². The van der Waals surface area contributed by atoms with Crippen LogP contribution in [0.5, 0.6) is 5.75 Å². The summed E-state index contributed by atoms with van der Waals surface area (Å²) in [6.45, 7) is 6.02. The third-order valence-electron chi connectivity index (χ3n) is 3.99. The Kier molecular flexibility index (Phi) is 5.06. The number of piperidine rings is 1. The maximum atomic E-state index is 5.48. The van der Waals surface area contributed by atoms with Crippen molar-refractivity contribution in [1.82, 2.24) is 4.90 Å². The smallest absolute Gasteiger partial charge is 0.122 e. The van der Waals surface area contributed by atoms with Gasteiger partial charge in [0.2, 0.25) is 0 Å². The molecule has 1 aliphatic rings. The molecular weight excluding hydrogens is 222 g/mol. The van der Waals surface area contributed by atoms with Gasteiger partial charge in [0.05, 0.1) is 7.11 Å². The van der Waals surface area contributed by atoms with Crippen LogP contribution in [-0.4, -0.2) is 31.6 Å². The molecule has 0 spiro atoms. The third kappa shape index (κ3) is 3.26. The summed E-state index contributed by atoms with van der Waals surface area (Å²) < 4.78 is 5.48. The number of hydrogen-bond donors (Lipinski definition) is 0. The van der Waals surface area contributed by atoms with Crippen molar-refractivity contribution in [3.63, 3.8) is 0 Å². The maximum Gasteiger partial charge on any atom is 0.122 e. The van der Waals surface area contributed by atoms with E-state index in [1.807, 2.05) is 0 Å². The van der Waals surface area contributed by atoms with E-state index in [2.05, 4.69) is 36.1 Å². The van der Waals surface area contributed by atoms with Crippen LogP contribution in [0.15, 0.2) is 24.3 Å². The van der Waals surface area contributed by atoms with Crippen molar-refractivity contribution >= 4 is 0 Å². The van der Waals surface area contributed by atoms with Gasteiger partial charge < -0.3 is 9.64 Å². The predicted molar refractivity (Wildman–Crippen MR) is 76.3 cm³/mol. The highest BCUT2D eigenvalue weighted by atomic mass is 16.5. The highest BCUT2D eigenvalue weighted by Crippen LogP contribution is 2.33. The average Bonchev–Trinajstić information content (AvgIpc) is 2.45. The van der Waals surface area contributed by atoms with E-state index in [1.54, 1.807) is 7.11 Å². The van der Waals surface area contributed by atoms with Gasteiger partial charge in [0, 0.05) is 0 Å². The maximum absolute atomic E-state index is 5.48. The first-order valence-electron chi connectivity index (χ1n) is 7.20. The number of methoxy groups -OCH3 is 1. The standard InChI is InChI=1S/C16H25NO/c1-3-4-11-17-12-9-14(10-13-17)15-7-5-6-8-16(15)18-2/h5-8,14H,3-4,9-13H2,1-2H3. The lowest BCUT2D eigenvalue weighted by Crippen LogP contribution is -2.33. The monoisotopic (exact) mass is 247 g/mol. The van der Waals surface area contributed by atoms with E-state index in [1.165, 1.54) is 50.9 Å². The molecule has 0 bridgehead atoms. The van der Waals surface area contributed by atoms with Gasteiger partial charge in [-0.15, -0.1) is 0 Å². The van der Waals surface area contributed by atoms with E-state index in [9.17, 15) is 0 Å². The molecule has 1 aliphatic heterocycles. The molecule has 1 aromatic rings. The Bertz CT molecular complexity index is 356. The van der Waals surface area contributed by atoms with Gasteiger partial charge in [0.1, 0.15) is 5.75 Å². The van der Waals surface area contributed by atoms with Crippen molar-refractivity contribution in [3.05, 3.63) is 29.8 Å². The Labute approximate surface area is 111 Å². The molecular formula is C16H25NO. The van der Waals surface area contributed by atoms with Gasteiger partial charge in [0.15, 0.2) is 0 Å². The van der Waals surface area contributed by atoms with Crippen molar-refractivity contribution in [2.45, 2.75) is 38.5 Å². The molecule has 1 fully saturated rings. The normalized spacial score (nSPS) is 17.9. The molecule has 18 heavy (non-hydrogen) atoms. The van der Waals surface area contributed by atoms with Crippen LogP contribution in [0, 0.1) is 0 Å². The first-order chi connectivity index (χ1) is 8.85. The van der Waals surface area contributed by atoms with Crippen LogP contribution in [0.3, 0.4) is 0 Å². The van der Waals surface area contributed by atoms with Gasteiger partial charge >= 0.3 is 0 Å². The number of rotatable bonds is 5. The average molecular weight is 247 g/mol. The van der Waals surface area contributed by atoms with E-state index in [4.69, 9.17) is 4.74 Å². The zero-order valence-electron chi connectivity index (χ0n) is 11.7. The zero-order chi connectivity index (χ0) is 12.8. The zero-order valence-corrected chi connectivity index (χ0v) is 11.7. The number of para-hydroxylation sites is 1. The summed E-state index contributed by atoms with van der Waals surface area (Å²) in [4.78, 5) is 2.61. The van der Waals surface area contributed by atoms with Crippen LogP contribution in [0.25, 0.3) is 0 Å². The van der Waals surface area contributed by atoms with Crippen molar-refractivity contribution in [2.24, 2.45) is 0 Å². The van der Waals surface area contributed by atoms with E-state index >= 15 is 0 Å². The number of benzene rings is 1. The second-order valence-corrected chi connectivity index (χ2v) is 5.21. The lowest BCUT2D eigenvalue weighted by molar-refractivity contribution is 0.208. The Balaban J connectivity index is 1.92. The largest absolute Gasteiger partial charge is 0.496 e. The number of nitrogens with zero attached hydrogens (tertiary/aromatic N) is 1. The molecule has 2 nitrogen and oxygen atoms in total. The van der Waals surface area contributed by atoms with Gasteiger partial charge in [-0.25, -0.2) is 0 Å². The van der Waals surface area contributed by atoms with E-state index in [0.29, 0.717) is 5.92 Å². The van der Waals surface area contributed by atoms with Gasteiger partial charge in [-0.05, 0) is 56.4 Å². The summed E-state index contributed by atoms with van der Waals surface area (Å²) in [5.41, 5.74) is 1.40. The van der Waals surface area contributed by atoms with Crippen LogP contribution < -0.4 is 4.74 Å². The molecule has 0 N–H and O–H groups in total. The lowest BCUT2D eigenvalue weighted by Gasteiger charge is -2.32. The molecule has 1 aromatic carbocycles. The van der Waals surface area contributed by atoms with Crippen LogP contribution in [0.1, 0.15) is 44.1 Å². The molecule has 1 saturated heterocycles. The van der Waals surface area contributed by atoms with Gasteiger partial charge in [-0.3, -0.25) is 0 Å². The summed E-state index contributed by atoms with van der Waals surface area (Å²) in [5, 5.41) is 0. The minimum absolute atomic E-state index is 0.680. The SMILES string of the molecule is CCCCN1CCC(c2ccccc2OC)CC1. The fraction of sp³-hybridized carbons (Fsp3) is 0.625. The van der Waals surface area contributed by atoms with E-state index < -0.39 is 0 Å². The topological polar surface area (TPSA) is 12.5 Å². The first kappa shape index (κ1) is 13.4. The molecule has 100 valence electrons. The fourth-order valence-corrected chi connectivity index (χ4v) is 2.85. The number of ether oxygens (including phenoxy) is 1. The van der Waals surface area contributed by atoms with Crippen LogP contribution in [0.4, 0.5) is 0 Å². The minimum Gasteiger partial charge on any atom is -0.496 e. The second kappa shape index (κ2) is 6.79. The Morgan fingerprint density at radius 2 is 1.94 bits per heavy atom. The van der Waals surface area contributed by atoms with Crippen molar-refractivity contribution in [1.29, 1.82) is 0 Å². The van der Waals surface area contributed by atoms with Gasteiger partial charge in [-0.1, -0.05) is 31.5 Å². The lowest BCUT2D eigenvalue weighted by atomic mass is 9.89. The summed E-state index contributed by atoms with van der Waals surface area (Å²) in [6, 6.07) is 8.49. The van der Waals surface area contributed by atoms with Crippen molar-refractivity contribution < 1.29 is 4.74 Å². The van der Waals surface area contributed by atoms with Crippen LogP contribution in [-0.2, 0) is 0 Å². The molecule has 2 heteroatoms. The molecule has 0 amide bonds. The second-order valence-electron chi connectivity index (χ2n) is 5.21. The molecule has 0 aliphatic carbocycles. The molecule has 1 heterocycles. The summed E-state index contributed by atoms with van der Waals surface area (Å²) in [7, 11) is 1.77. The quantitative estimate of drug-likeness (QED) is 0.787.